The van der Waals surface area contributed by atoms with E-state index in [1.54, 1.807) is 0 Å². The van der Waals surface area contributed by atoms with Crippen LogP contribution >= 0.6 is 11.6 Å². The summed E-state index contributed by atoms with van der Waals surface area (Å²) in [5, 5.41) is -0.0412. The van der Waals surface area contributed by atoms with Crippen molar-refractivity contribution in [2.24, 2.45) is 0 Å². The van der Waals surface area contributed by atoms with Gasteiger partial charge in [0.15, 0.2) is 9.84 Å². The summed E-state index contributed by atoms with van der Waals surface area (Å²) in [6, 6.07) is 3.58. The third-order valence-corrected chi connectivity index (χ3v) is 6.04. The summed E-state index contributed by atoms with van der Waals surface area (Å²) in [5.74, 6) is 0. The van der Waals surface area contributed by atoms with Gasteiger partial charge >= 0.3 is 0 Å². The molecule has 0 atom stereocenters. The molecule has 0 N–H and O–H groups in total. The van der Waals surface area contributed by atoms with Crippen molar-refractivity contribution in [1.29, 1.82) is 0 Å². The molecule has 8 heteroatoms. The fraction of sp³-hybridized carbons (Fsp3) is 0.231. The molecule has 0 fully saturated rings. The SMILES string of the molecule is C=CCN(CC=C)S(=O)(=O)c1cc(S(C)(=O)=O)ccc1Cl. The molecule has 0 aliphatic heterocycles. The lowest BCUT2D eigenvalue weighted by atomic mass is 10.4. The Labute approximate surface area is 130 Å². The van der Waals surface area contributed by atoms with Crippen molar-refractivity contribution >= 4 is 31.5 Å². The average molecular weight is 350 g/mol. The van der Waals surface area contributed by atoms with Gasteiger partial charge in [0.1, 0.15) is 4.90 Å². The Balaban J connectivity index is 3.49. The zero-order valence-corrected chi connectivity index (χ0v) is 13.9. The molecular weight excluding hydrogens is 334 g/mol. The van der Waals surface area contributed by atoms with Gasteiger partial charge in [0.2, 0.25) is 10.0 Å². The first kappa shape index (κ1) is 17.9. The molecule has 0 heterocycles. The molecule has 0 aliphatic carbocycles. The standard InChI is InChI=1S/C13H16ClNO4S2/c1-4-8-15(9-5-2)21(18,19)13-10-11(20(3,16)17)6-7-12(13)14/h4-7,10H,1-2,8-9H2,3H3. The van der Waals surface area contributed by atoms with E-state index in [1.807, 2.05) is 0 Å². The zero-order chi connectivity index (χ0) is 16.3. The smallest absolute Gasteiger partial charge is 0.224 e. The van der Waals surface area contributed by atoms with Crippen LogP contribution in [0.3, 0.4) is 0 Å². The van der Waals surface area contributed by atoms with Crippen LogP contribution in [0.15, 0.2) is 53.3 Å². The van der Waals surface area contributed by atoms with Crippen LogP contribution in [0.1, 0.15) is 0 Å². The number of hydrogen-bond acceptors (Lipinski definition) is 4. The maximum atomic E-state index is 12.6. The highest BCUT2D eigenvalue weighted by atomic mass is 35.5. The maximum absolute atomic E-state index is 12.6. The van der Waals surface area contributed by atoms with Gasteiger partial charge in [-0.2, -0.15) is 4.31 Å². The lowest BCUT2D eigenvalue weighted by Gasteiger charge is -2.20. The van der Waals surface area contributed by atoms with Crippen LogP contribution in [-0.2, 0) is 19.9 Å². The normalized spacial score (nSPS) is 12.3. The summed E-state index contributed by atoms with van der Waals surface area (Å²) in [4.78, 5) is -0.363. The lowest BCUT2D eigenvalue weighted by molar-refractivity contribution is 0.474. The van der Waals surface area contributed by atoms with E-state index >= 15 is 0 Å². The highest BCUT2D eigenvalue weighted by molar-refractivity contribution is 7.91. The first-order chi connectivity index (χ1) is 9.64. The van der Waals surface area contributed by atoms with E-state index in [-0.39, 0.29) is 27.9 Å². The minimum atomic E-state index is -3.94. The molecule has 0 amide bonds. The largest absolute Gasteiger partial charge is 0.245 e. The molecular formula is C13H16ClNO4S2. The van der Waals surface area contributed by atoms with Crippen LogP contribution in [0.4, 0.5) is 0 Å². The molecule has 21 heavy (non-hydrogen) atoms. The number of hydrogen-bond donors (Lipinski definition) is 0. The van der Waals surface area contributed by atoms with Crippen LogP contribution in [-0.4, -0.2) is 40.5 Å². The predicted molar refractivity (Wildman–Crippen MR) is 83.7 cm³/mol. The fourth-order valence-corrected chi connectivity index (χ4v) is 4.21. The molecule has 0 spiro atoms. The van der Waals surface area contributed by atoms with Crippen LogP contribution < -0.4 is 0 Å². The summed E-state index contributed by atoms with van der Waals surface area (Å²) >= 11 is 5.92. The molecule has 0 radical (unpaired) electrons. The summed E-state index contributed by atoms with van der Waals surface area (Å²) in [5.41, 5.74) is 0. The van der Waals surface area contributed by atoms with E-state index in [1.165, 1.54) is 24.3 Å². The van der Waals surface area contributed by atoms with Crippen molar-refractivity contribution in [3.8, 4) is 0 Å². The number of halogens is 1. The number of rotatable bonds is 7. The molecule has 0 aromatic heterocycles. The van der Waals surface area contributed by atoms with E-state index in [2.05, 4.69) is 13.2 Å². The van der Waals surface area contributed by atoms with Crippen LogP contribution in [0.25, 0.3) is 0 Å². The van der Waals surface area contributed by atoms with Gasteiger partial charge in [-0.15, -0.1) is 13.2 Å². The van der Waals surface area contributed by atoms with Gasteiger partial charge in [0.05, 0.1) is 9.92 Å². The lowest BCUT2D eigenvalue weighted by Crippen LogP contribution is -2.31. The van der Waals surface area contributed by atoms with E-state index < -0.39 is 19.9 Å². The fourth-order valence-electron chi connectivity index (χ4n) is 1.61. The molecule has 0 saturated heterocycles. The quantitative estimate of drug-likeness (QED) is 0.707. The molecule has 0 saturated carbocycles. The van der Waals surface area contributed by atoms with E-state index in [4.69, 9.17) is 11.6 Å². The van der Waals surface area contributed by atoms with Gasteiger partial charge in [0.25, 0.3) is 0 Å². The molecule has 1 aromatic carbocycles. The molecule has 5 nitrogen and oxygen atoms in total. The van der Waals surface area contributed by atoms with Crippen LogP contribution in [0.2, 0.25) is 5.02 Å². The van der Waals surface area contributed by atoms with E-state index in [9.17, 15) is 16.8 Å². The van der Waals surface area contributed by atoms with Crippen molar-refractivity contribution in [3.63, 3.8) is 0 Å². The zero-order valence-electron chi connectivity index (χ0n) is 11.5. The summed E-state index contributed by atoms with van der Waals surface area (Å²) < 4.78 is 49.3. The number of sulfonamides is 1. The second-order valence-electron chi connectivity index (χ2n) is 4.26. The molecule has 0 unspecified atom stereocenters. The van der Waals surface area contributed by atoms with Crippen molar-refractivity contribution in [2.75, 3.05) is 19.3 Å². The molecule has 0 bridgehead atoms. The van der Waals surface area contributed by atoms with Gasteiger partial charge in [-0.25, -0.2) is 16.8 Å². The Hall–Kier alpha value is -1.15. The van der Waals surface area contributed by atoms with Crippen LogP contribution in [0, 0.1) is 0 Å². The molecule has 1 rings (SSSR count). The van der Waals surface area contributed by atoms with Crippen molar-refractivity contribution < 1.29 is 16.8 Å². The van der Waals surface area contributed by atoms with Gasteiger partial charge in [-0.3, -0.25) is 0 Å². The Morgan fingerprint density at radius 2 is 1.67 bits per heavy atom. The van der Waals surface area contributed by atoms with E-state index in [0.717, 1.165) is 16.6 Å². The van der Waals surface area contributed by atoms with Gasteiger partial charge < -0.3 is 0 Å². The highest BCUT2D eigenvalue weighted by Gasteiger charge is 2.26. The van der Waals surface area contributed by atoms with Crippen molar-refractivity contribution in [2.45, 2.75) is 9.79 Å². The van der Waals surface area contributed by atoms with Gasteiger partial charge in [-0.05, 0) is 18.2 Å². The molecule has 1 aromatic rings. The summed E-state index contributed by atoms with van der Waals surface area (Å²) in [6.45, 7) is 7.13. The third kappa shape index (κ3) is 4.16. The maximum Gasteiger partial charge on any atom is 0.245 e. The minimum Gasteiger partial charge on any atom is -0.224 e. The number of sulfone groups is 1. The van der Waals surface area contributed by atoms with Crippen molar-refractivity contribution in [1.82, 2.24) is 4.31 Å². The van der Waals surface area contributed by atoms with Crippen molar-refractivity contribution in [3.05, 3.63) is 48.5 Å². The minimum absolute atomic E-state index is 0.0412. The first-order valence-electron chi connectivity index (χ1n) is 5.86. The van der Waals surface area contributed by atoms with Gasteiger partial charge in [-0.1, -0.05) is 23.8 Å². The molecule has 0 aliphatic rings. The Morgan fingerprint density at radius 1 is 1.14 bits per heavy atom. The monoisotopic (exact) mass is 349 g/mol. The Kier molecular flexibility index (Phi) is 5.75. The Bertz CT molecular complexity index is 744. The second-order valence-corrected chi connectivity index (χ2v) is 8.59. The third-order valence-electron chi connectivity index (χ3n) is 2.61. The summed E-state index contributed by atoms with van der Waals surface area (Å²) in [7, 11) is -7.48. The summed E-state index contributed by atoms with van der Waals surface area (Å²) in [6.07, 6.45) is 3.85. The van der Waals surface area contributed by atoms with Gasteiger partial charge in [0, 0.05) is 19.3 Å². The average Bonchev–Trinajstić information content (AvgIpc) is 2.37. The predicted octanol–water partition coefficient (Wildman–Crippen LogP) is 2.11. The number of nitrogens with zero attached hydrogens (tertiary/aromatic N) is 1. The first-order valence-corrected chi connectivity index (χ1v) is 9.57. The molecule has 116 valence electrons. The number of benzene rings is 1. The Morgan fingerprint density at radius 3 is 2.10 bits per heavy atom. The topological polar surface area (TPSA) is 71.5 Å². The second kappa shape index (κ2) is 6.74. The highest BCUT2D eigenvalue weighted by Crippen LogP contribution is 2.27. The van der Waals surface area contributed by atoms with Crippen LogP contribution in [0.5, 0.6) is 0 Å². The van der Waals surface area contributed by atoms with E-state index in [0.29, 0.717) is 0 Å².